The highest BCUT2D eigenvalue weighted by atomic mass is 16.5. The van der Waals surface area contributed by atoms with Gasteiger partial charge in [0.15, 0.2) is 0 Å². The van der Waals surface area contributed by atoms with Crippen molar-refractivity contribution in [1.82, 2.24) is 0 Å². The van der Waals surface area contributed by atoms with Crippen LogP contribution >= 0.6 is 0 Å². The molecule has 0 heterocycles. The van der Waals surface area contributed by atoms with E-state index in [1.54, 1.807) is 0 Å². The zero-order chi connectivity index (χ0) is 9.07. The lowest BCUT2D eigenvalue weighted by Crippen LogP contribution is -2.54. The van der Waals surface area contributed by atoms with Gasteiger partial charge < -0.3 is 20.1 Å². The van der Waals surface area contributed by atoms with Crippen LogP contribution in [0.15, 0.2) is 0 Å². The Balaban J connectivity index is 4.24. The molecule has 0 fully saturated rings. The van der Waals surface area contributed by atoms with Gasteiger partial charge in [0.1, 0.15) is 14.0 Å². The lowest BCUT2D eigenvalue weighted by atomic mass is 9.73. The number of hydrogen-bond donors (Lipinski definition) is 3. The maximum Gasteiger partial charge on any atom is 0.149 e. The zero-order valence-corrected chi connectivity index (χ0v) is 7.11. The van der Waals surface area contributed by atoms with E-state index in [1.807, 2.05) is 0 Å². The standard InChI is InChI=1S/C6H15BO4/c1-4(9)6(7,10)5(3-8)11-2/h4-5,8-10H,3,7H2,1-2H3. The smallest absolute Gasteiger partial charge is 0.149 e. The fourth-order valence-corrected chi connectivity index (χ4v) is 0.767. The van der Waals surface area contributed by atoms with E-state index in [0.29, 0.717) is 0 Å². The summed E-state index contributed by atoms with van der Waals surface area (Å²) in [5, 5.41) is 27.3. The average molecular weight is 162 g/mol. The summed E-state index contributed by atoms with van der Waals surface area (Å²) in [5.74, 6) is 0. The summed E-state index contributed by atoms with van der Waals surface area (Å²) >= 11 is 0. The van der Waals surface area contributed by atoms with Crippen molar-refractivity contribution in [3.63, 3.8) is 0 Å². The van der Waals surface area contributed by atoms with E-state index in [2.05, 4.69) is 0 Å². The minimum Gasteiger partial charge on any atom is -0.394 e. The lowest BCUT2D eigenvalue weighted by Gasteiger charge is -2.33. The summed E-state index contributed by atoms with van der Waals surface area (Å²) in [6.07, 6.45) is -1.68. The molecule has 0 aromatic rings. The molecule has 0 aliphatic rings. The quantitative estimate of drug-likeness (QED) is 0.406. The van der Waals surface area contributed by atoms with Gasteiger partial charge in [0.2, 0.25) is 0 Å². The Labute approximate surface area is 67.2 Å². The van der Waals surface area contributed by atoms with Crippen molar-refractivity contribution < 1.29 is 20.1 Å². The minimum atomic E-state index is -1.40. The molecule has 0 saturated heterocycles. The molecule has 0 bridgehead atoms. The van der Waals surface area contributed by atoms with Crippen LogP contribution in [0.5, 0.6) is 0 Å². The summed E-state index contributed by atoms with van der Waals surface area (Å²) in [6, 6.07) is 0. The third kappa shape index (κ3) is 2.45. The van der Waals surface area contributed by atoms with Gasteiger partial charge in [0.25, 0.3) is 0 Å². The highest BCUT2D eigenvalue weighted by Crippen LogP contribution is 2.13. The van der Waals surface area contributed by atoms with E-state index in [0.717, 1.165) is 0 Å². The van der Waals surface area contributed by atoms with Crippen LogP contribution in [0, 0.1) is 0 Å². The van der Waals surface area contributed by atoms with Crippen LogP contribution < -0.4 is 0 Å². The monoisotopic (exact) mass is 162 g/mol. The van der Waals surface area contributed by atoms with Crippen molar-refractivity contribution >= 4 is 7.85 Å². The molecule has 4 nitrogen and oxygen atoms in total. The minimum absolute atomic E-state index is 0.311. The van der Waals surface area contributed by atoms with E-state index >= 15 is 0 Å². The predicted molar refractivity (Wildman–Crippen MR) is 43.1 cm³/mol. The van der Waals surface area contributed by atoms with Crippen molar-refractivity contribution in [2.24, 2.45) is 0 Å². The molecule has 5 heteroatoms. The SMILES string of the molecule is BC(O)(C(C)O)C(CO)OC. The molecule has 11 heavy (non-hydrogen) atoms. The highest BCUT2D eigenvalue weighted by Gasteiger charge is 2.35. The average Bonchev–Trinajstić information content (AvgIpc) is 1.89. The summed E-state index contributed by atoms with van der Waals surface area (Å²) < 4.78 is 4.77. The summed E-state index contributed by atoms with van der Waals surface area (Å²) in [4.78, 5) is 0. The maximum absolute atomic E-state index is 9.52. The molecule has 3 N–H and O–H groups in total. The maximum atomic E-state index is 9.52. The predicted octanol–water partition coefficient (Wildman–Crippen LogP) is -2.30. The number of aliphatic hydroxyl groups is 3. The number of methoxy groups -OCH3 is 1. The largest absolute Gasteiger partial charge is 0.394 e. The van der Waals surface area contributed by atoms with Crippen molar-refractivity contribution in [3.8, 4) is 0 Å². The van der Waals surface area contributed by atoms with Crippen LogP contribution in [-0.2, 0) is 4.74 Å². The van der Waals surface area contributed by atoms with Gasteiger partial charge in [-0.1, -0.05) is 0 Å². The Bertz CT molecular complexity index is 111. The first kappa shape index (κ1) is 10.9. The molecule has 0 saturated carbocycles. The molecular formula is C6H15BO4. The normalized spacial score (nSPS) is 22.3. The third-order valence-electron chi connectivity index (χ3n) is 1.95. The zero-order valence-electron chi connectivity index (χ0n) is 7.11. The summed E-state index contributed by atoms with van der Waals surface area (Å²) in [6.45, 7) is 1.14. The number of ether oxygens (including phenoxy) is 1. The van der Waals surface area contributed by atoms with Gasteiger partial charge in [0, 0.05) is 7.11 Å². The van der Waals surface area contributed by atoms with Crippen LogP contribution in [0.2, 0.25) is 0 Å². The third-order valence-corrected chi connectivity index (χ3v) is 1.95. The number of rotatable bonds is 4. The van der Waals surface area contributed by atoms with Gasteiger partial charge in [-0.15, -0.1) is 0 Å². The molecule has 0 aliphatic heterocycles. The molecule has 0 radical (unpaired) electrons. The van der Waals surface area contributed by atoms with E-state index in [-0.39, 0.29) is 6.61 Å². The Morgan fingerprint density at radius 2 is 2.09 bits per heavy atom. The van der Waals surface area contributed by atoms with Crippen LogP contribution in [0.4, 0.5) is 0 Å². The Kier molecular flexibility index (Phi) is 4.03. The molecule has 0 rings (SSSR count). The highest BCUT2D eigenvalue weighted by molar-refractivity contribution is 6.15. The first-order chi connectivity index (χ1) is 4.96. The van der Waals surface area contributed by atoms with Crippen molar-refractivity contribution in [1.29, 1.82) is 0 Å². The van der Waals surface area contributed by atoms with E-state index < -0.39 is 17.7 Å². The topological polar surface area (TPSA) is 69.9 Å². The Morgan fingerprint density at radius 3 is 2.18 bits per heavy atom. The van der Waals surface area contributed by atoms with Gasteiger partial charge in [-0.3, -0.25) is 0 Å². The molecule has 3 atom stereocenters. The van der Waals surface area contributed by atoms with E-state index in [4.69, 9.17) is 14.9 Å². The fourth-order valence-electron chi connectivity index (χ4n) is 0.767. The summed E-state index contributed by atoms with van der Waals surface area (Å²) in [5.41, 5.74) is -1.40. The van der Waals surface area contributed by atoms with Crippen LogP contribution in [0.1, 0.15) is 6.92 Å². The summed E-state index contributed by atoms with van der Waals surface area (Å²) in [7, 11) is 2.79. The fraction of sp³-hybridized carbons (Fsp3) is 1.00. The van der Waals surface area contributed by atoms with Crippen molar-refractivity contribution in [2.75, 3.05) is 13.7 Å². The van der Waals surface area contributed by atoms with Crippen LogP contribution in [-0.4, -0.2) is 54.6 Å². The lowest BCUT2D eigenvalue weighted by molar-refractivity contribution is -0.114. The molecule has 0 aromatic heterocycles. The Hall–Kier alpha value is -0.0951. The van der Waals surface area contributed by atoms with Crippen LogP contribution in [0.3, 0.4) is 0 Å². The second kappa shape index (κ2) is 4.06. The van der Waals surface area contributed by atoms with Gasteiger partial charge in [-0.25, -0.2) is 0 Å². The molecule has 0 aliphatic carbocycles. The van der Waals surface area contributed by atoms with E-state index in [9.17, 15) is 5.11 Å². The molecular weight excluding hydrogens is 147 g/mol. The first-order valence-electron chi connectivity index (χ1n) is 3.50. The second-order valence-electron chi connectivity index (χ2n) is 2.81. The molecule has 0 amide bonds. The molecule has 3 unspecified atom stereocenters. The van der Waals surface area contributed by atoms with E-state index in [1.165, 1.54) is 21.9 Å². The number of hydrogen-bond acceptors (Lipinski definition) is 4. The first-order valence-corrected chi connectivity index (χ1v) is 3.50. The Morgan fingerprint density at radius 1 is 1.64 bits per heavy atom. The van der Waals surface area contributed by atoms with Crippen LogP contribution in [0.25, 0.3) is 0 Å². The van der Waals surface area contributed by atoms with Crippen molar-refractivity contribution in [2.45, 2.75) is 24.6 Å². The van der Waals surface area contributed by atoms with Gasteiger partial charge in [-0.2, -0.15) is 0 Å². The second-order valence-corrected chi connectivity index (χ2v) is 2.81. The molecule has 66 valence electrons. The van der Waals surface area contributed by atoms with Gasteiger partial charge in [0.05, 0.1) is 18.2 Å². The number of aliphatic hydroxyl groups excluding tert-OH is 2. The van der Waals surface area contributed by atoms with Gasteiger partial charge >= 0.3 is 0 Å². The van der Waals surface area contributed by atoms with Crippen molar-refractivity contribution in [3.05, 3.63) is 0 Å². The molecule has 0 spiro atoms. The molecule has 0 aromatic carbocycles. The van der Waals surface area contributed by atoms with Gasteiger partial charge in [-0.05, 0) is 6.92 Å².